The number of anilines is 1. The number of carbonyl (C=O) groups excluding carboxylic acids is 1. The van der Waals surface area contributed by atoms with Crippen LogP contribution in [0.15, 0.2) is 54.4 Å². The number of carbonyl (C=O) groups is 1. The van der Waals surface area contributed by atoms with Crippen LogP contribution in [0.5, 0.6) is 0 Å². The van der Waals surface area contributed by atoms with Crippen molar-refractivity contribution in [2.24, 2.45) is 11.8 Å². The van der Waals surface area contributed by atoms with Crippen LogP contribution in [0.1, 0.15) is 59.2 Å². The molecule has 4 aliphatic rings. The van der Waals surface area contributed by atoms with Crippen LogP contribution < -0.4 is 10.6 Å². The lowest BCUT2D eigenvalue weighted by molar-refractivity contribution is 0.0584. The highest BCUT2D eigenvalue weighted by molar-refractivity contribution is 5.98. The van der Waals surface area contributed by atoms with Crippen LogP contribution in [0.4, 0.5) is 5.69 Å². The standard InChI is InChI=1S/C33H43N5O2/c34-19-31(20-35-29-12-16-40-17-13-29)36-30-9-8-26-11-15-38(33(39)32(26)18-30)23-28(24-6-3-7-24)22-37-14-10-25-4-1-2-5-27(25)21-37/h1-2,4-5,8-9,18-20,24,28-29,34-36H,3,6-7,10-17,21-23H2/b31-20+,34-19?. The summed E-state index contributed by atoms with van der Waals surface area (Å²) in [6.07, 6.45) is 11.1. The molecule has 3 N–H and O–H groups in total. The molecular weight excluding hydrogens is 498 g/mol. The lowest BCUT2D eigenvalue weighted by Crippen LogP contribution is -2.47. The lowest BCUT2D eigenvalue weighted by atomic mass is 9.75. The van der Waals surface area contributed by atoms with E-state index in [1.54, 1.807) is 0 Å². The van der Waals surface area contributed by atoms with Gasteiger partial charge >= 0.3 is 0 Å². The molecule has 0 radical (unpaired) electrons. The summed E-state index contributed by atoms with van der Waals surface area (Å²) in [6, 6.07) is 15.3. The summed E-state index contributed by atoms with van der Waals surface area (Å²) in [5, 5.41) is 14.6. The zero-order chi connectivity index (χ0) is 27.3. The van der Waals surface area contributed by atoms with Gasteiger partial charge in [0.25, 0.3) is 5.91 Å². The summed E-state index contributed by atoms with van der Waals surface area (Å²) in [5.74, 6) is 1.40. The number of hydrogen-bond donors (Lipinski definition) is 3. The van der Waals surface area contributed by atoms with E-state index in [2.05, 4.69) is 50.8 Å². The highest BCUT2D eigenvalue weighted by Crippen LogP contribution is 2.36. The number of fused-ring (bicyclic) bond motifs is 2. The van der Waals surface area contributed by atoms with Crippen molar-refractivity contribution in [2.75, 3.05) is 44.7 Å². The quantitative estimate of drug-likeness (QED) is 0.376. The first kappa shape index (κ1) is 27.0. The fourth-order valence-electron chi connectivity index (χ4n) is 6.72. The molecule has 1 aliphatic carbocycles. The molecule has 0 bridgehead atoms. The van der Waals surface area contributed by atoms with Gasteiger partial charge in [0.1, 0.15) is 0 Å². The molecule has 1 unspecified atom stereocenters. The smallest absolute Gasteiger partial charge is 0.254 e. The first-order valence-electron chi connectivity index (χ1n) is 15.2. The normalized spacial score (nSPS) is 21.2. The van der Waals surface area contributed by atoms with Gasteiger partial charge in [-0.1, -0.05) is 49.6 Å². The first-order valence-corrected chi connectivity index (χ1v) is 15.2. The van der Waals surface area contributed by atoms with E-state index in [-0.39, 0.29) is 5.91 Å². The third kappa shape index (κ3) is 6.26. The molecule has 1 saturated heterocycles. The molecule has 2 fully saturated rings. The molecule has 2 aromatic carbocycles. The zero-order valence-electron chi connectivity index (χ0n) is 23.5. The Bertz CT molecular complexity index is 1230. The van der Waals surface area contributed by atoms with Crippen LogP contribution in [0.3, 0.4) is 0 Å². The van der Waals surface area contributed by atoms with Crippen LogP contribution in [0.25, 0.3) is 0 Å². The topological polar surface area (TPSA) is 80.7 Å². The van der Waals surface area contributed by atoms with Crippen molar-refractivity contribution < 1.29 is 9.53 Å². The van der Waals surface area contributed by atoms with Gasteiger partial charge in [-0.05, 0) is 66.3 Å². The Labute approximate surface area is 238 Å². The van der Waals surface area contributed by atoms with E-state index in [1.807, 2.05) is 18.3 Å². The van der Waals surface area contributed by atoms with Gasteiger partial charge in [0.05, 0.1) is 5.70 Å². The lowest BCUT2D eigenvalue weighted by Gasteiger charge is -2.41. The Morgan fingerprint density at radius 2 is 1.80 bits per heavy atom. The Balaban J connectivity index is 1.11. The summed E-state index contributed by atoms with van der Waals surface area (Å²) in [4.78, 5) is 18.5. The van der Waals surface area contributed by atoms with Gasteiger partial charge in [0.15, 0.2) is 0 Å². The Morgan fingerprint density at radius 3 is 2.58 bits per heavy atom. The second kappa shape index (κ2) is 12.6. The van der Waals surface area contributed by atoms with Crippen molar-refractivity contribution in [1.82, 2.24) is 15.1 Å². The number of hydrogen-bond acceptors (Lipinski definition) is 6. The van der Waals surface area contributed by atoms with E-state index in [0.29, 0.717) is 17.7 Å². The largest absolute Gasteiger partial charge is 0.386 e. The molecule has 7 heteroatoms. The van der Waals surface area contributed by atoms with E-state index in [1.165, 1.54) is 36.6 Å². The summed E-state index contributed by atoms with van der Waals surface area (Å²) in [7, 11) is 0. The first-order chi connectivity index (χ1) is 19.7. The van der Waals surface area contributed by atoms with Gasteiger partial charge in [-0.3, -0.25) is 9.69 Å². The molecular formula is C33H43N5O2. The van der Waals surface area contributed by atoms with Crippen LogP contribution in [0, 0.1) is 17.2 Å². The Kier molecular flexibility index (Phi) is 8.49. The minimum Gasteiger partial charge on any atom is -0.386 e. The van der Waals surface area contributed by atoms with Crippen molar-refractivity contribution in [2.45, 2.75) is 57.5 Å². The second-order valence-corrected chi connectivity index (χ2v) is 12.0. The zero-order valence-corrected chi connectivity index (χ0v) is 23.5. The van der Waals surface area contributed by atoms with E-state index in [9.17, 15) is 4.79 Å². The van der Waals surface area contributed by atoms with Gasteiger partial charge < -0.3 is 25.7 Å². The van der Waals surface area contributed by atoms with E-state index in [0.717, 1.165) is 94.4 Å². The fourth-order valence-corrected chi connectivity index (χ4v) is 6.72. The van der Waals surface area contributed by atoms with Crippen LogP contribution >= 0.6 is 0 Å². The highest BCUT2D eigenvalue weighted by atomic mass is 16.5. The summed E-state index contributed by atoms with van der Waals surface area (Å²) in [5.41, 5.74) is 6.41. The predicted octanol–water partition coefficient (Wildman–Crippen LogP) is 4.83. The van der Waals surface area contributed by atoms with Crippen molar-refractivity contribution in [3.8, 4) is 0 Å². The third-order valence-corrected chi connectivity index (χ3v) is 9.39. The van der Waals surface area contributed by atoms with E-state index >= 15 is 0 Å². The van der Waals surface area contributed by atoms with Crippen molar-refractivity contribution in [3.05, 3.63) is 76.6 Å². The van der Waals surface area contributed by atoms with Crippen molar-refractivity contribution >= 4 is 17.8 Å². The summed E-state index contributed by atoms with van der Waals surface area (Å²) < 4.78 is 5.44. The van der Waals surface area contributed by atoms with E-state index in [4.69, 9.17) is 10.1 Å². The van der Waals surface area contributed by atoms with Crippen LogP contribution in [-0.2, 0) is 24.1 Å². The number of nitrogens with one attached hydrogen (secondary N) is 3. The molecule has 1 amide bonds. The van der Waals surface area contributed by atoms with Crippen molar-refractivity contribution in [1.29, 1.82) is 5.41 Å². The average molecular weight is 542 g/mol. The predicted molar refractivity (Wildman–Crippen MR) is 160 cm³/mol. The maximum Gasteiger partial charge on any atom is 0.254 e. The van der Waals surface area contributed by atoms with Gasteiger partial charge in [-0.15, -0.1) is 0 Å². The van der Waals surface area contributed by atoms with Gasteiger partial charge in [0.2, 0.25) is 0 Å². The average Bonchev–Trinajstić information content (AvgIpc) is 2.96. The minimum atomic E-state index is 0.152. The third-order valence-electron chi connectivity index (χ3n) is 9.39. The van der Waals surface area contributed by atoms with Gasteiger partial charge in [-0.2, -0.15) is 0 Å². The Morgan fingerprint density at radius 1 is 1.00 bits per heavy atom. The molecule has 2 aromatic rings. The van der Waals surface area contributed by atoms with E-state index < -0.39 is 0 Å². The monoisotopic (exact) mass is 541 g/mol. The van der Waals surface area contributed by atoms with Gasteiger partial charge in [0, 0.05) is 75.6 Å². The molecule has 3 heterocycles. The Hall–Kier alpha value is -3.16. The maximum atomic E-state index is 13.8. The summed E-state index contributed by atoms with van der Waals surface area (Å²) in [6.45, 7) is 6.40. The van der Waals surface area contributed by atoms with Crippen LogP contribution in [-0.4, -0.2) is 67.4 Å². The fraction of sp³-hybridized carbons (Fsp3) is 0.515. The molecule has 1 atom stereocenters. The van der Waals surface area contributed by atoms with Crippen LogP contribution in [0.2, 0.25) is 0 Å². The molecule has 212 valence electrons. The number of rotatable bonds is 10. The number of benzene rings is 2. The molecule has 7 nitrogen and oxygen atoms in total. The SMILES string of the molecule is N=C/C(=C\NC1CCOCC1)Nc1ccc2c(c1)C(=O)N(CC(CN1CCc3ccccc3C1)C1CCC1)CC2. The summed E-state index contributed by atoms with van der Waals surface area (Å²) >= 11 is 0. The minimum absolute atomic E-state index is 0.152. The number of nitrogens with zero attached hydrogens (tertiary/aromatic N) is 2. The second-order valence-electron chi connectivity index (χ2n) is 12.0. The highest BCUT2D eigenvalue weighted by Gasteiger charge is 2.34. The molecule has 6 rings (SSSR count). The number of ether oxygens (including phenoxy) is 1. The number of amides is 1. The number of allylic oxidation sites excluding steroid dienone is 1. The molecule has 3 aliphatic heterocycles. The maximum absolute atomic E-state index is 13.8. The van der Waals surface area contributed by atoms with Gasteiger partial charge in [-0.25, -0.2) is 0 Å². The molecule has 1 saturated carbocycles. The molecule has 0 spiro atoms. The van der Waals surface area contributed by atoms with Crippen molar-refractivity contribution in [3.63, 3.8) is 0 Å². The molecule has 0 aromatic heterocycles. The molecule has 40 heavy (non-hydrogen) atoms.